The Balaban J connectivity index is 1.81. The van der Waals surface area contributed by atoms with E-state index in [0.717, 1.165) is 29.4 Å². The lowest BCUT2D eigenvalue weighted by Gasteiger charge is -2.09. The quantitative estimate of drug-likeness (QED) is 0.771. The Labute approximate surface area is 122 Å². The molecule has 0 bridgehead atoms. The third kappa shape index (κ3) is 2.62. The van der Waals surface area contributed by atoms with Crippen LogP contribution >= 0.6 is 0 Å². The molecule has 21 heavy (non-hydrogen) atoms. The number of hydrogen-bond acceptors (Lipinski definition) is 5. The van der Waals surface area contributed by atoms with Crippen molar-refractivity contribution in [2.45, 2.75) is 20.0 Å². The van der Waals surface area contributed by atoms with Crippen molar-refractivity contribution in [3.05, 3.63) is 42.2 Å². The molecule has 108 valence electrons. The van der Waals surface area contributed by atoms with E-state index in [1.807, 2.05) is 42.8 Å². The van der Waals surface area contributed by atoms with Gasteiger partial charge in [-0.25, -0.2) is 4.98 Å². The van der Waals surface area contributed by atoms with Crippen LogP contribution < -0.4 is 4.74 Å². The number of rotatable bonds is 5. The van der Waals surface area contributed by atoms with Crippen LogP contribution in [0.4, 0.5) is 0 Å². The summed E-state index contributed by atoms with van der Waals surface area (Å²) in [6.45, 7) is 2.41. The van der Waals surface area contributed by atoms with Gasteiger partial charge in [-0.2, -0.15) is 5.10 Å². The first-order chi connectivity index (χ1) is 10.3. The zero-order chi connectivity index (χ0) is 14.7. The first-order valence-electron chi connectivity index (χ1n) is 6.74. The van der Waals surface area contributed by atoms with Crippen LogP contribution in [0.5, 0.6) is 5.75 Å². The lowest BCUT2D eigenvalue weighted by atomic mass is 10.2. The highest BCUT2D eigenvalue weighted by atomic mass is 16.5. The maximum atomic E-state index is 5.87. The lowest BCUT2D eigenvalue weighted by Crippen LogP contribution is -2.06. The highest BCUT2D eigenvalue weighted by Crippen LogP contribution is 2.27. The molecule has 2 heterocycles. The van der Waals surface area contributed by atoms with E-state index in [2.05, 4.69) is 25.4 Å². The summed E-state index contributed by atoms with van der Waals surface area (Å²) in [4.78, 5) is 4.16. The third-order valence-corrected chi connectivity index (χ3v) is 3.29. The van der Waals surface area contributed by atoms with E-state index in [1.165, 1.54) is 6.33 Å². The number of nitrogens with zero attached hydrogens (tertiary/aromatic N) is 5. The van der Waals surface area contributed by atoms with Gasteiger partial charge in [0.1, 0.15) is 24.5 Å². The standard InChI is InChI=1S/C14H16N6O/c1-3-12-17-18-13(20(12)2)8-21-11-7-5-4-6-10(11)14-15-9-16-19-14/h4-7,9H,3,8H2,1-2H3,(H,15,16,19). The van der Waals surface area contributed by atoms with Crippen molar-refractivity contribution in [3.63, 3.8) is 0 Å². The van der Waals surface area contributed by atoms with Crippen molar-refractivity contribution in [1.82, 2.24) is 29.9 Å². The predicted molar refractivity (Wildman–Crippen MR) is 76.5 cm³/mol. The van der Waals surface area contributed by atoms with Gasteiger partial charge in [0.2, 0.25) is 0 Å². The number of aryl methyl sites for hydroxylation is 1. The first-order valence-corrected chi connectivity index (χ1v) is 6.74. The van der Waals surface area contributed by atoms with E-state index >= 15 is 0 Å². The minimum atomic E-state index is 0.356. The van der Waals surface area contributed by atoms with Gasteiger partial charge in [0.05, 0.1) is 5.56 Å². The van der Waals surface area contributed by atoms with Crippen molar-refractivity contribution >= 4 is 0 Å². The van der Waals surface area contributed by atoms with Gasteiger partial charge in [0.15, 0.2) is 11.6 Å². The molecule has 0 atom stereocenters. The zero-order valence-electron chi connectivity index (χ0n) is 11.9. The van der Waals surface area contributed by atoms with Gasteiger partial charge in [-0.15, -0.1) is 10.2 Å². The van der Waals surface area contributed by atoms with Crippen LogP contribution in [0.1, 0.15) is 18.6 Å². The smallest absolute Gasteiger partial charge is 0.170 e. The van der Waals surface area contributed by atoms with Crippen LogP contribution in [0.25, 0.3) is 11.4 Å². The molecule has 7 heteroatoms. The second-order valence-corrected chi connectivity index (χ2v) is 4.56. The summed E-state index contributed by atoms with van der Waals surface area (Å²) in [6, 6.07) is 7.69. The van der Waals surface area contributed by atoms with E-state index < -0.39 is 0 Å². The highest BCUT2D eigenvalue weighted by Gasteiger charge is 2.11. The summed E-state index contributed by atoms with van der Waals surface area (Å²) in [5, 5.41) is 15.0. The zero-order valence-corrected chi connectivity index (χ0v) is 11.9. The number of aromatic amines is 1. The molecule has 0 amide bonds. The highest BCUT2D eigenvalue weighted by molar-refractivity contribution is 5.63. The van der Waals surface area contributed by atoms with Crippen molar-refractivity contribution in [2.24, 2.45) is 7.05 Å². The molecule has 0 aliphatic rings. The Kier molecular flexibility index (Phi) is 3.63. The van der Waals surface area contributed by atoms with Gasteiger partial charge < -0.3 is 9.30 Å². The largest absolute Gasteiger partial charge is 0.485 e. The van der Waals surface area contributed by atoms with Gasteiger partial charge in [-0.1, -0.05) is 19.1 Å². The van der Waals surface area contributed by atoms with Crippen LogP contribution in [-0.4, -0.2) is 29.9 Å². The maximum absolute atomic E-state index is 5.87. The van der Waals surface area contributed by atoms with E-state index in [-0.39, 0.29) is 0 Å². The van der Waals surface area contributed by atoms with Gasteiger partial charge in [0, 0.05) is 13.5 Å². The minimum Gasteiger partial charge on any atom is -0.485 e. The number of aromatic nitrogens is 6. The molecule has 0 radical (unpaired) electrons. The molecule has 3 aromatic rings. The van der Waals surface area contributed by atoms with Crippen molar-refractivity contribution < 1.29 is 4.74 Å². The van der Waals surface area contributed by atoms with Crippen LogP contribution in [0, 0.1) is 0 Å². The molecule has 1 N–H and O–H groups in total. The normalized spacial score (nSPS) is 10.8. The number of hydrogen-bond donors (Lipinski definition) is 1. The number of ether oxygens (including phenoxy) is 1. The van der Waals surface area contributed by atoms with Crippen LogP contribution in [0.15, 0.2) is 30.6 Å². The number of H-pyrrole nitrogens is 1. The fourth-order valence-electron chi connectivity index (χ4n) is 2.10. The average Bonchev–Trinajstić information content (AvgIpc) is 3.15. The average molecular weight is 284 g/mol. The summed E-state index contributed by atoms with van der Waals surface area (Å²) in [6.07, 6.45) is 2.32. The monoisotopic (exact) mass is 284 g/mol. The number of para-hydroxylation sites is 1. The van der Waals surface area contributed by atoms with Gasteiger partial charge in [-0.3, -0.25) is 5.10 Å². The van der Waals surface area contributed by atoms with E-state index in [9.17, 15) is 0 Å². The molecule has 0 spiro atoms. The molecule has 0 fully saturated rings. The van der Waals surface area contributed by atoms with Crippen LogP contribution in [0.3, 0.4) is 0 Å². The molecule has 0 saturated heterocycles. The van der Waals surface area contributed by atoms with Crippen molar-refractivity contribution in [3.8, 4) is 17.1 Å². The van der Waals surface area contributed by atoms with E-state index in [1.54, 1.807) is 0 Å². The SMILES string of the molecule is CCc1nnc(COc2ccccc2-c2ncn[nH]2)n1C. The minimum absolute atomic E-state index is 0.356. The molecule has 0 saturated carbocycles. The Morgan fingerprint density at radius 2 is 2.00 bits per heavy atom. The van der Waals surface area contributed by atoms with Crippen LogP contribution in [-0.2, 0) is 20.1 Å². The molecule has 2 aromatic heterocycles. The van der Waals surface area contributed by atoms with Gasteiger partial charge in [0.25, 0.3) is 0 Å². The molecular formula is C14H16N6O. The maximum Gasteiger partial charge on any atom is 0.170 e. The van der Waals surface area contributed by atoms with E-state index in [4.69, 9.17) is 4.74 Å². The summed E-state index contributed by atoms with van der Waals surface area (Å²) >= 11 is 0. The Hall–Kier alpha value is -2.70. The van der Waals surface area contributed by atoms with Crippen molar-refractivity contribution in [1.29, 1.82) is 0 Å². The molecule has 0 aliphatic carbocycles. The van der Waals surface area contributed by atoms with E-state index in [0.29, 0.717) is 12.4 Å². The Bertz CT molecular complexity index is 719. The molecule has 0 aliphatic heterocycles. The summed E-state index contributed by atoms with van der Waals surface area (Å²) in [5.74, 6) is 3.14. The third-order valence-electron chi connectivity index (χ3n) is 3.29. The van der Waals surface area contributed by atoms with Crippen molar-refractivity contribution in [2.75, 3.05) is 0 Å². The number of benzene rings is 1. The summed E-state index contributed by atoms with van der Waals surface area (Å²) in [7, 11) is 1.94. The fraction of sp³-hybridized carbons (Fsp3) is 0.286. The second-order valence-electron chi connectivity index (χ2n) is 4.56. The molecule has 0 unspecified atom stereocenters. The van der Waals surface area contributed by atoms with Gasteiger partial charge in [-0.05, 0) is 12.1 Å². The summed E-state index contributed by atoms with van der Waals surface area (Å²) in [5.41, 5.74) is 0.868. The number of nitrogens with one attached hydrogen (secondary N) is 1. The molecular weight excluding hydrogens is 268 g/mol. The Morgan fingerprint density at radius 1 is 1.19 bits per heavy atom. The van der Waals surface area contributed by atoms with Crippen LogP contribution in [0.2, 0.25) is 0 Å². The lowest BCUT2D eigenvalue weighted by molar-refractivity contribution is 0.292. The Morgan fingerprint density at radius 3 is 2.71 bits per heavy atom. The molecule has 7 nitrogen and oxygen atoms in total. The summed E-state index contributed by atoms with van der Waals surface area (Å²) < 4.78 is 7.83. The topological polar surface area (TPSA) is 81.5 Å². The predicted octanol–water partition coefficient (Wildman–Crippen LogP) is 1.74. The molecule has 3 rings (SSSR count). The fourth-order valence-corrected chi connectivity index (χ4v) is 2.10. The van der Waals surface area contributed by atoms with Gasteiger partial charge >= 0.3 is 0 Å². The second kappa shape index (κ2) is 5.74. The first kappa shape index (κ1) is 13.3. The molecule has 1 aromatic carbocycles.